The van der Waals surface area contributed by atoms with Crippen molar-refractivity contribution in [2.24, 2.45) is 0 Å². The molecule has 0 saturated carbocycles. The van der Waals surface area contributed by atoms with Gasteiger partial charge in [0.05, 0.1) is 18.8 Å². The monoisotopic (exact) mass is 263 g/mol. The fourth-order valence-corrected chi connectivity index (χ4v) is 2.52. The molecule has 1 N–H and O–H groups in total. The molecule has 1 fully saturated rings. The van der Waals surface area contributed by atoms with Crippen molar-refractivity contribution in [3.8, 4) is 5.75 Å². The molecule has 0 aromatic carbocycles. The third-order valence-corrected chi connectivity index (χ3v) is 3.55. The van der Waals surface area contributed by atoms with Gasteiger partial charge in [0.1, 0.15) is 5.75 Å². The van der Waals surface area contributed by atoms with Crippen molar-refractivity contribution in [3.05, 3.63) is 24.0 Å². The van der Waals surface area contributed by atoms with E-state index >= 15 is 0 Å². The number of carbonyl (C=O) groups is 1. The van der Waals surface area contributed by atoms with Crippen LogP contribution in [0.15, 0.2) is 18.3 Å². The molecule has 1 amide bonds. The first-order chi connectivity index (χ1) is 9.24. The van der Waals surface area contributed by atoms with Gasteiger partial charge in [0, 0.05) is 25.9 Å². The molecule has 0 unspecified atom stereocenters. The fraction of sp³-hybridized carbons (Fsp3) is 0.571. The Balaban J connectivity index is 2.08. The van der Waals surface area contributed by atoms with Gasteiger partial charge in [0.15, 0.2) is 0 Å². The topological polar surface area (TPSA) is 54.5 Å². The van der Waals surface area contributed by atoms with Gasteiger partial charge in [0.2, 0.25) is 5.91 Å². The third-order valence-electron chi connectivity index (χ3n) is 3.55. The lowest BCUT2D eigenvalue weighted by Crippen LogP contribution is -2.48. The molecule has 1 aromatic rings. The Hall–Kier alpha value is -1.62. The Morgan fingerprint density at radius 2 is 2.42 bits per heavy atom. The zero-order valence-corrected chi connectivity index (χ0v) is 11.6. The second kappa shape index (κ2) is 6.52. The van der Waals surface area contributed by atoms with E-state index in [-0.39, 0.29) is 11.9 Å². The number of likely N-dealkylation sites (tertiary alicyclic amines) is 1. The highest BCUT2D eigenvalue weighted by Crippen LogP contribution is 2.20. The van der Waals surface area contributed by atoms with Crippen LogP contribution in [0.5, 0.6) is 5.75 Å². The molecule has 0 aliphatic carbocycles. The van der Waals surface area contributed by atoms with Gasteiger partial charge in [-0.25, -0.2) is 0 Å². The molecule has 1 saturated heterocycles. The first kappa shape index (κ1) is 13.8. The number of amides is 1. The van der Waals surface area contributed by atoms with Gasteiger partial charge in [0.25, 0.3) is 0 Å². The molecule has 0 radical (unpaired) electrons. The molecule has 2 rings (SSSR count). The largest absolute Gasteiger partial charge is 0.497 e. The van der Waals surface area contributed by atoms with Crippen molar-refractivity contribution in [1.29, 1.82) is 0 Å². The molecule has 1 aliphatic rings. The molecule has 2 heterocycles. The number of methoxy groups -OCH3 is 1. The number of piperidine rings is 1. The van der Waals surface area contributed by atoms with Crippen molar-refractivity contribution in [2.75, 3.05) is 20.7 Å². The number of rotatable bonds is 4. The molecular weight excluding hydrogens is 242 g/mol. The Labute approximate surface area is 114 Å². The molecule has 104 valence electrons. The SMILES string of the molecule is CNC(=O)[C@H]1CCCCN1Cc1cc(OC)ccn1. The first-order valence-corrected chi connectivity index (χ1v) is 6.69. The van der Waals surface area contributed by atoms with E-state index in [1.165, 1.54) is 0 Å². The quantitative estimate of drug-likeness (QED) is 0.886. The number of ether oxygens (including phenoxy) is 1. The molecule has 19 heavy (non-hydrogen) atoms. The Morgan fingerprint density at radius 3 is 3.16 bits per heavy atom. The van der Waals surface area contributed by atoms with Crippen LogP contribution in [-0.2, 0) is 11.3 Å². The minimum absolute atomic E-state index is 0.0354. The molecule has 5 nitrogen and oxygen atoms in total. The Bertz CT molecular complexity index is 436. The highest BCUT2D eigenvalue weighted by molar-refractivity contribution is 5.81. The summed E-state index contributed by atoms with van der Waals surface area (Å²) >= 11 is 0. The van der Waals surface area contributed by atoms with Gasteiger partial charge >= 0.3 is 0 Å². The Kier molecular flexibility index (Phi) is 4.74. The maximum Gasteiger partial charge on any atom is 0.237 e. The van der Waals surface area contributed by atoms with Crippen LogP contribution in [0.4, 0.5) is 0 Å². The summed E-state index contributed by atoms with van der Waals surface area (Å²) in [4.78, 5) is 18.4. The summed E-state index contributed by atoms with van der Waals surface area (Å²) in [7, 11) is 3.34. The fourth-order valence-electron chi connectivity index (χ4n) is 2.52. The van der Waals surface area contributed by atoms with E-state index < -0.39 is 0 Å². The zero-order chi connectivity index (χ0) is 13.7. The van der Waals surface area contributed by atoms with E-state index in [4.69, 9.17) is 4.74 Å². The van der Waals surface area contributed by atoms with E-state index in [1.807, 2.05) is 12.1 Å². The smallest absolute Gasteiger partial charge is 0.237 e. The van der Waals surface area contributed by atoms with Crippen molar-refractivity contribution in [3.63, 3.8) is 0 Å². The number of hydrogen-bond acceptors (Lipinski definition) is 4. The van der Waals surface area contributed by atoms with Crippen LogP contribution >= 0.6 is 0 Å². The van der Waals surface area contributed by atoms with Gasteiger partial charge < -0.3 is 10.1 Å². The predicted octanol–water partition coefficient (Wildman–Crippen LogP) is 1.19. The molecular formula is C14H21N3O2. The summed E-state index contributed by atoms with van der Waals surface area (Å²) < 4.78 is 5.20. The molecule has 1 aromatic heterocycles. The maximum absolute atomic E-state index is 11.9. The minimum atomic E-state index is -0.0354. The average molecular weight is 263 g/mol. The Morgan fingerprint density at radius 1 is 1.58 bits per heavy atom. The highest BCUT2D eigenvalue weighted by Gasteiger charge is 2.28. The van der Waals surface area contributed by atoms with Crippen LogP contribution < -0.4 is 10.1 Å². The van der Waals surface area contributed by atoms with Gasteiger partial charge in [-0.3, -0.25) is 14.7 Å². The lowest BCUT2D eigenvalue weighted by Gasteiger charge is -2.34. The number of carbonyl (C=O) groups excluding carboxylic acids is 1. The van der Waals surface area contributed by atoms with Gasteiger partial charge in [-0.1, -0.05) is 6.42 Å². The van der Waals surface area contributed by atoms with Crippen LogP contribution in [-0.4, -0.2) is 42.5 Å². The van der Waals surface area contributed by atoms with Crippen molar-refractivity contribution in [2.45, 2.75) is 31.8 Å². The molecule has 5 heteroatoms. The second-order valence-corrected chi connectivity index (χ2v) is 4.78. The lowest BCUT2D eigenvalue weighted by molar-refractivity contribution is -0.127. The lowest BCUT2D eigenvalue weighted by atomic mass is 10.0. The summed E-state index contributed by atoms with van der Waals surface area (Å²) in [5.41, 5.74) is 0.940. The van der Waals surface area contributed by atoms with Crippen LogP contribution in [0.25, 0.3) is 0 Å². The zero-order valence-electron chi connectivity index (χ0n) is 11.6. The van der Waals surface area contributed by atoms with Crippen LogP contribution in [0, 0.1) is 0 Å². The predicted molar refractivity (Wildman–Crippen MR) is 72.9 cm³/mol. The summed E-state index contributed by atoms with van der Waals surface area (Å²) in [6.07, 6.45) is 4.91. The van der Waals surface area contributed by atoms with Crippen LogP contribution in [0.3, 0.4) is 0 Å². The minimum Gasteiger partial charge on any atom is -0.497 e. The number of nitrogens with zero attached hydrogens (tertiary/aromatic N) is 2. The second-order valence-electron chi connectivity index (χ2n) is 4.78. The summed E-state index contributed by atoms with van der Waals surface area (Å²) in [6.45, 7) is 1.63. The number of hydrogen-bond donors (Lipinski definition) is 1. The number of aromatic nitrogens is 1. The molecule has 0 bridgehead atoms. The molecule has 1 atom stereocenters. The standard InChI is InChI=1S/C14H21N3O2/c1-15-14(18)13-5-3-4-8-17(13)10-11-9-12(19-2)6-7-16-11/h6-7,9,13H,3-5,8,10H2,1-2H3,(H,15,18)/t13-/m1/s1. The number of pyridine rings is 1. The van der Waals surface area contributed by atoms with Crippen molar-refractivity contribution < 1.29 is 9.53 Å². The van der Waals surface area contributed by atoms with Crippen molar-refractivity contribution in [1.82, 2.24) is 15.2 Å². The average Bonchev–Trinajstić information content (AvgIpc) is 2.47. The van der Waals surface area contributed by atoms with E-state index in [9.17, 15) is 4.79 Å². The summed E-state index contributed by atoms with van der Waals surface area (Å²) in [5, 5.41) is 2.75. The van der Waals surface area contributed by atoms with E-state index in [2.05, 4.69) is 15.2 Å². The number of likely N-dealkylation sites (N-methyl/N-ethyl adjacent to an activating group) is 1. The first-order valence-electron chi connectivity index (χ1n) is 6.69. The van der Waals surface area contributed by atoms with Gasteiger partial charge in [-0.2, -0.15) is 0 Å². The maximum atomic E-state index is 11.9. The molecule has 1 aliphatic heterocycles. The van der Waals surface area contributed by atoms with Crippen molar-refractivity contribution >= 4 is 5.91 Å². The van der Waals surface area contributed by atoms with Crippen LogP contribution in [0.2, 0.25) is 0 Å². The highest BCUT2D eigenvalue weighted by atomic mass is 16.5. The van der Waals surface area contributed by atoms with E-state index in [1.54, 1.807) is 20.4 Å². The van der Waals surface area contributed by atoms with E-state index in [0.717, 1.165) is 37.3 Å². The van der Waals surface area contributed by atoms with Crippen LogP contribution in [0.1, 0.15) is 25.0 Å². The number of nitrogens with one attached hydrogen (secondary N) is 1. The summed E-state index contributed by atoms with van der Waals surface area (Å²) in [5.74, 6) is 0.904. The normalized spacial score (nSPS) is 20.0. The van der Waals surface area contributed by atoms with E-state index in [0.29, 0.717) is 6.54 Å². The molecule has 0 spiro atoms. The summed E-state index contributed by atoms with van der Waals surface area (Å²) in [6, 6.07) is 3.72. The van der Waals surface area contributed by atoms with Gasteiger partial charge in [-0.15, -0.1) is 0 Å². The third kappa shape index (κ3) is 3.44. The van der Waals surface area contributed by atoms with Gasteiger partial charge in [-0.05, 0) is 25.5 Å².